The zero-order valence-electron chi connectivity index (χ0n) is 14.1. The first kappa shape index (κ1) is 18.2. The second kappa shape index (κ2) is 8.70. The maximum atomic E-state index is 12.2. The molecule has 0 aliphatic carbocycles. The minimum atomic E-state index is -0.0792. The molecule has 26 heavy (non-hydrogen) atoms. The van der Waals surface area contributed by atoms with Crippen molar-refractivity contribution >= 4 is 34.8 Å². The summed E-state index contributed by atoms with van der Waals surface area (Å²) in [5.74, 6) is 1.20. The van der Waals surface area contributed by atoms with Gasteiger partial charge in [0.25, 0.3) is 0 Å². The summed E-state index contributed by atoms with van der Waals surface area (Å²) in [5, 5.41) is 0. The van der Waals surface area contributed by atoms with Gasteiger partial charge in [0.15, 0.2) is 17.3 Å². The Morgan fingerprint density at radius 2 is 1.88 bits per heavy atom. The summed E-state index contributed by atoms with van der Waals surface area (Å²) in [6.45, 7) is 0.441. The van der Waals surface area contributed by atoms with E-state index in [-0.39, 0.29) is 5.78 Å². The number of ether oxygens (including phenoxy) is 2. The van der Waals surface area contributed by atoms with Gasteiger partial charge in [0.05, 0.1) is 16.3 Å². The van der Waals surface area contributed by atoms with Crippen molar-refractivity contribution in [1.82, 2.24) is 0 Å². The van der Waals surface area contributed by atoms with Gasteiger partial charge in [-0.25, -0.2) is 0 Å². The van der Waals surface area contributed by atoms with Crippen molar-refractivity contribution in [3.05, 3.63) is 87.1 Å². The molecule has 0 aliphatic rings. The molecule has 0 radical (unpaired) electrons. The van der Waals surface area contributed by atoms with Crippen LogP contribution in [0.3, 0.4) is 0 Å². The molecule has 0 fully saturated rings. The zero-order valence-corrected chi connectivity index (χ0v) is 15.7. The fourth-order valence-electron chi connectivity index (χ4n) is 2.35. The monoisotopic (exact) mass is 384 g/mol. The summed E-state index contributed by atoms with van der Waals surface area (Å²) in [7, 11) is 1.60. The molecule has 0 atom stereocenters. The highest BCUT2D eigenvalue weighted by atomic mass is 35.5. The fourth-order valence-corrected chi connectivity index (χ4v) is 3.31. The average molecular weight is 385 g/mol. The molecule has 1 aromatic heterocycles. The summed E-state index contributed by atoms with van der Waals surface area (Å²) >= 11 is 7.14. The minimum absolute atomic E-state index is 0.0792. The van der Waals surface area contributed by atoms with Crippen LogP contribution in [0, 0.1) is 0 Å². The Morgan fingerprint density at radius 3 is 2.58 bits per heavy atom. The lowest BCUT2D eigenvalue weighted by molar-refractivity contribution is 0.105. The minimum Gasteiger partial charge on any atom is -0.493 e. The molecule has 0 unspecified atom stereocenters. The molecule has 0 N–H and O–H groups in total. The lowest BCUT2D eigenvalue weighted by Crippen LogP contribution is -1.98. The van der Waals surface area contributed by atoms with E-state index in [0.29, 0.717) is 27.3 Å². The van der Waals surface area contributed by atoms with Crippen molar-refractivity contribution in [3.63, 3.8) is 0 Å². The number of hydrogen-bond donors (Lipinski definition) is 0. The van der Waals surface area contributed by atoms with E-state index >= 15 is 0 Å². The molecular weight excluding hydrogens is 368 g/mol. The van der Waals surface area contributed by atoms with E-state index in [0.717, 1.165) is 11.1 Å². The highest BCUT2D eigenvalue weighted by Crippen LogP contribution is 2.29. The normalized spacial score (nSPS) is 10.8. The van der Waals surface area contributed by atoms with Crippen LogP contribution in [-0.4, -0.2) is 12.9 Å². The maximum Gasteiger partial charge on any atom is 0.195 e. The van der Waals surface area contributed by atoms with Crippen LogP contribution in [0.2, 0.25) is 4.34 Å². The molecule has 3 aromatic rings. The van der Waals surface area contributed by atoms with Gasteiger partial charge < -0.3 is 9.47 Å². The van der Waals surface area contributed by atoms with Gasteiger partial charge in [0, 0.05) is 0 Å². The van der Waals surface area contributed by atoms with Gasteiger partial charge in [-0.2, -0.15) is 0 Å². The Bertz CT molecular complexity index is 916. The molecule has 2 aromatic carbocycles. The van der Waals surface area contributed by atoms with Crippen molar-refractivity contribution in [2.75, 3.05) is 7.11 Å². The number of rotatable bonds is 7. The molecule has 5 heteroatoms. The number of allylic oxidation sites excluding steroid dienone is 1. The van der Waals surface area contributed by atoms with E-state index in [1.807, 2.05) is 48.5 Å². The van der Waals surface area contributed by atoms with Crippen molar-refractivity contribution in [2.24, 2.45) is 0 Å². The Balaban J connectivity index is 1.74. The van der Waals surface area contributed by atoms with Gasteiger partial charge in [-0.15, -0.1) is 11.3 Å². The lowest BCUT2D eigenvalue weighted by Gasteiger charge is -2.11. The maximum absolute atomic E-state index is 12.2. The lowest BCUT2D eigenvalue weighted by atomic mass is 10.1. The first-order valence-electron chi connectivity index (χ1n) is 7.98. The standard InChI is InChI=1S/C21H17ClO3S/c1-24-18-10-8-15(7-9-17(23)20-11-12-21(22)26-20)13-19(18)25-14-16-5-3-2-4-6-16/h2-13H,14H2,1H3/b9-7+. The molecule has 0 bridgehead atoms. The van der Waals surface area contributed by atoms with Gasteiger partial charge in [-0.1, -0.05) is 54.1 Å². The van der Waals surface area contributed by atoms with Crippen LogP contribution in [-0.2, 0) is 6.61 Å². The van der Waals surface area contributed by atoms with Gasteiger partial charge in [-0.05, 0) is 41.5 Å². The second-order valence-corrected chi connectivity index (χ2v) is 7.20. The number of halogens is 1. The van der Waals surface area contributed by atoms with Crippen LogP contribution >= 0.6 is 22.9 Å². The van der Waals surface area contributed by atoms with E-state index in [4.69, 9.17) is 21.1 Å². The predicted octanol–water partition coefficient (Wildman–Crippen LogP) is 5.89. The summed E-state index contributed by atoms with van der Waals surface area (Å²) in [5.41, 5.74) is 1.92. The quantitative estimate of drug-likeness (QED) is 0.376. The molecule has 0 saturated heterocycles. The van der Waals surface area contributed by atoms with Crippen molar-refractivity contribution in [3.8, 4) is 11.5 Å². The summed E-state index contributed by atoms with van der Waals surface area (Å²) < 4.78 is 11.8. The average Bonchev–Trinajstić information content (AvgIpc) is 3.12. The zero-order chi connectivity index (χ0) is 18.4. The molecule has 0 aliphatic heterocycles. The molecule has 1 heterocycles. The topological polar surface area (TPSA) is 35.5 Å². The van der Waals surface area contributed by atoms with Crippen molar-refractivity contribution < 1.29 is 14.3 Å². The third-order valence-corrected chi connectivity index (χ3v) is 4.91. The summed E-state index contributed by atoms with van der Waals surface area (Å²) in [6, 6.07) is 18.9. The van der Waals surface area contributed by atoms with Gasteiger partial charge >= 0.3 is 0 Å². The van der Waals surface area contributed by atoms with Gasteiger partial charge in [0.2, 0.25) is 0 Å². The Hall–Kier alpha value is -2.56. The molecule has 0 saturated carbocycles. The van der Waals surface area contributed by atoms with E-state index in [2.05, 4.69) is 0 Å². The van der Waals surface area contributed by atoms with Crippen LogP contribution in [0.5, 0.6) is 11.5 Å². The molecule has 3 rings (SSSR count). The second-order valence-electron chi connectivity index (χ2n) is 5.49. The first-order chi connectivity index (χ1) is 12.7. The smallest absolute Gasteiger partial charge is 0.195 e. The van der Waals surface area contributed by atoms with Crippen LogP contribution in [0.15, 0.2) is 66.7 Å². The third-order valence-electron chi connectivity index (χ3n) is 3.67. The SMILES string of the molecule is COc1ccc(/C=C/C(=O)c2ccc(Cl)s2)cc1OCc1ccccc1. The van der Waals surface area contributed by atoms with Crippen LogP contribution in [0.4, 0.5) is 0 Å². The van der Waals surface area contributed by atoms with Crippen molar-refractivity contribution in [2.45, 2.75) is 6.61 Å². The number of benzene rings is 2. The number of thiophene rings is 1. The van der Waals surface area contributed by atoms with Crippen LogP contribution in [0.1, 0.15) is 20.8 Å². The number of hydrogen-bond acceptors (Lipinski definition) is 4. The van der Waals surface area contributed by atoms with E-state index < -0.39 is 0 Å². The molecular formula is C21H17ClO3S. The largest absolute Gasteiger partial charge is 0.493 e. The molecule has 0 spiro atoms. The molecule has 0 amide bonds. The molecule has 132 valence electrons. The van der Waals surface area contributed by atoms with E-state index in [1.54, 1.807) is 25.3 Å². The highest BCUT2D eigenvalue weighted by molar-refractivity contribution is 7.18. The van der Waals surface area contributed by atoms with E-state index in [1.165, 1.54) is 17.4 Å². The summed E-state index contributed by atoms with van der Waals surface area (Å²) in [6.07, 6.45) is 3.29. The van der Waals surface area contributed by atoms with Gasteiger partial charge in [-0.3, -0.25) is 4.79 Å². The van der Waals surface area contributed by atoms with E-state index in [9.17, 15) is 4.79 Å². The fraction of sp³-hybridized carbons (Fsp3) is 0.0952. The Morgan fingerprint density at radius 1 is 1.08 bits per heavy atom. The Labute approximate surface area is 161 Å². The number of methoxy groups -OCH3 is 1. The van der Waals surface area contributed by atoms with Gasteiger partial charge in [0.1, 0.15) is 6.61 Å². The predicted molar refractivity (Wildman–Crippen MR) is 106 cm³/mol. The first-order valence-corrected chi connectivity index (χ1v) is 9.17. The number of ketones is 1. The Kier molecular flexibility index (Phi) is 6.10. The third kappa shape index (κ3) is 4.75. The van der Waals surface area contributed by atoms with Crippen molar-refractivity contribution in [1.29, 1.82) is 0 Å². The highest BCUT2D eigenvalue weighted by Gasteiger charge is 2.07. The van der Waals surface area contributed by atoms with Crippen LogP contribution in [0.25, 0.3) is 6.08 Å². The summed E-state index contributed by atoms with van der Waals surface area (Å²) in [4.78, 5) is 12.8. The molecule has 3 nitrogen and oxygen atoms in total. The number of carbonyl (C=O) groups excluding carboxylic acids is 1. The number of carbonyl (C=O) groups is 1. The van der Waals surface area contributed by atoms with Crippen LogP contribution < -0.4 is 9.47 Å².